The largest absolute Gasteiger partial charge is 0.394 e. The minimum Gasteiger partial charge on any atom is -0.394 e. The standard InChI is InChI=1S/C88H155NO13/c1-3-5-7-9-11-13-15-17-19-21-23-25-27-29-31-33-34-35-36-37-38-39-40-41-42-44-46-48-50-52-54-56-58-60-62-64-66-68-70-72-80(93)89-76(75-99-87-85(98)83(96)86(79(74-91)101-87)102-88-84(97)82(95)81(94)78(73-90)100-88)77(92)71-69-67-65-63-61-59-57-55-53-51-49-47-45-43-32-30-28-26-24-22-20-18-16-14-12-10-8-6-4-2/h5,7,11,13,17,19,23,25,29,31,34-35,37-38,40-41,69,71,76-79,81-88,90-92,94-98H,3-4,6,8-10,12,14-16,18,20-22,24,26-28,30,32-33,36,39,42-68,70,72-75H2,1-2H3,(H,89,93)/b7-5-,13-11-,19-17-,25-23-,31-29-,35-34-,38-37-,41-40-,71-69+. The van der Waals surface area contributed by atoms with Crippen LogP contribution in [0, 0.1) is 0 Å². The normalized spacial score (nSPS) is 22.2. The van der Waals surface area contributed by atoms with Gasteiger partial charge in [0.05, 0.1) is 32.0 Å². The molecule has 0 aromatic rings. The van der Waals surface area contributed by atoms with Crippen molar-refractivity contribution in [2.75, 3.05) is 19.8 Å². The zero-order valence-corrected chi connectivity index (χ0v) is 64.8. The SMILES string of the molecule is CC/C=C\C/C=C\C/C=C\C/C=C\C/C=C\C/C=C\C/C=C\C/C=C\CCCCCCCCCCCCCCCCC(=O)NC(COC1OC(CO)C(OC2OC(CO)C(O)C(O)C2O)C(O)C1O)C(O)/C=C/CCCCCCCCCCCCCCCCCCCCCCCCCCCCC. The predicted molar refractivity (Wildman–Crippen MR) is 424 cm³/mol. The number of hydrogen-bond donors (Lipinski definition) is 9. The number of aliphatic hydroxyl groups is 8. The van der Waals surface area contributed by atoms with E-state index in [1.54, 1.807) is 6.08 Å². The van der Waals surface area contributed by atoms with Gasteiger partial charge < -0.3 is 65.1 Å². The number of nitrogens with one attached hydrogen (secondary N) is 1. The van der Waals surface area contributed by atoms with Gasteiger partial charge in [0.25, 0.3) is 0 Å². The highest BCUT2D eigenvalue weighted by Gasteiger charge is 2.51. The fraction of sp³-hybridized carbons (Fsp3) is 0.784. The molecule has 14 nitrogen and oxygen atoms in total. The summed E-state index contributed by atoms with van der Waals surface area (Å²) >= 11 is 0. The zero-order valence-electron chi connectivity index (χ0n) is 64.8. The van der Waals surface area contributed by atoms with Gasteiger partial charge in [-0.1, -0.05) is 367 Å². The molecular weight excluding hydrogens is 1280 g/mol. The van der Waals surface area contributed by atoms with E-state index in [1.807, 2.05) is 6.08 Å². The van der Waals surface area contributed by atoms with Gasteiger partial charge in [0.15, 0.2) is 12.6 Å². The van der Waals surface area contributed by atoms with Crippen molar-refractivity contribution in [3.05, 3.63) is 109 Å². The third-order valence-electron chi connectivity index (χ3n) is 20.0. The summed E-state index contributed by atoms with van der Waals surface area (Å²) in [6.07, 6.45) is 86.0. The summed E-state index contributed by atoms with van der Waals surface area (Å²) in [5, 5.41) is 87.8. The summed E-state index contributed by atoms with van der Waals surface area (Å²) in [4.78, 5) is 13.4. The molecule has 590 valence electrons. The first-order chi connectivity index (χ1) is 50.1. The van der Waals surface area contributed by atoms with E-state index in [-0.39, 0.29) is 18.9 Å². The molecule has 2 fully saturated rings. The van der Waals surface area contributed by atoms with E-state index >= 15 is 0 Å². The molecule has 0 aromatic heterocycles. The van der Waals surface area contributed by atoms with Gasteiger partial charge in [-0.2, -0.15) is 0 Å². The van der Waals surface area contributed by atoms with Crippen LogP contribution in [0.2, 0.25) is 0 Å². The van der Waals surface area contributed by atoms with Crippen molar-refractivity contribution < 1.29 is 64.6 Å². The molecule has 2 aliphatic rings. The topological polar surface area (TPSA) is 228 Å². The van der Waals surface area contributed by atoms with Gasteiger partial charge in [0, 0.05) is 6.42 Å². The minimum atomic E-state index is -1.79. The number of allylic oxidation sites excluding steroid dienone is 17. The molecule has 2 heterocycles. The number of unbranched alkanes of at least 4 members (excludes halogenated alkanes) is 41. The molecule has 0 radical (unpaired) electrons. The molecule has 1 amide bonds. The summed E-state index contributed by atoms with van der Waals surface area (Å²) in [7, 11) is 0. The average Bonchev–Trinajstić information content (AvgIpc) is 0.790. The molecule has 2 aliphatic heterocycles. The second kappa shape index (κ2) is 70.6. The summed E-state index contributed by atoms with van der Waals surface area (Å²) in [6, 6.07) is -0.923. The highest BCUT2D eigenvalue weighted by atomic mass is 16.7. The van der Waals surface area contributed by atoms with Crippen molar-refractivity contribution in [2.24, 2.45) is 0 Å². The molecule has 14 heteroatoms. The van der Waals surface area contributed by atoms with E-state index in [2.05, 4.69) is 116 Å². The van der Waals surface area contributed by atoms with Gasteiger partial charge in [-0.3, -0.25) is 4.79 Å². The van der Waals surface area contributed by atoms with E-state index in [0.29, 0.717) is 6.42 Å². The molecule has 0 aromatic carbocycles. The van der Waals surface area contributed by atoms with Crippen LogP contribution in [0.5, 0.6) is 0 Å². The van der Waals surface area contributed by atoms with Crippen LogP contribution in [0.15, 0.2) is 109 Å². The Bertz CT molecular complexity index is 2140. The predicted octanol–water partition coefficient (Wildman–Crippen LogP) is 19.8. The van der Waals surface area contributed by atoms with Gasteiger partial charge in [-0.05, 0) is 83.5 Å². The molecule has 102 heavy (non-hydrogen) atoms. The lowest BCUT2D eigenvalue weighted by Gasteiger charge is -2.46. The maximum absolute atomic E-state index is 13.4. The molecular formula is C88H155NO13. The van der Waals surface area contributed by atoms with Crippen molar-refractivity contribution in [3.63, 3.8) is 0 Å². The summed E-state index contributed by atoms with van der Waals surface area (Å²) < 4.78 is 22.9. The number of rotatable bonds is 70. The fourth-order valence-electron chi connectivity index (χ4n) is 13.4. The third-order valence-corrected chi connectivity index (χ3v) is 20.0. The van der Waals surface area contributed by atoms with E-state index < -0.39 is 86.8 Å². The minimum absolute atomic E-state index is 0.239. The van der Waals surface area contributed by atoms with Gasteiger partial charge in [0.2, 0.25) is 5.91 Å². The first-order valence-corrected chi connectivity index (χ1v) is 42.1. The molecule has 9 N–H and O–H groups in total. The number of aliphatic hydroxyl groups excluding tert-OH is 8. The van der Waals surface area contributed by atoms with Crippen molar-refractivity contribution in [2.45, 2.75) is 421 Å². The lowest BCUT2D eigenvalue weighted by atomic mass is 9.97. The van der Waals surface area contributed by atoms with Crippen molar-refractivity contribution in [1.29, 1.82) is 0 Å². The van der Waals surface area contributed by atoms with E-state index in [9.17, 15) is 45.6 Å². The monoisotopic (exact) mass is 1430 g/mol. The second-order valence-corrected chi connectivity index (χ2v) is 29.2. The smallest absolute Gasteiger partial charge is 0.220 e. The fourth-order valence-corrected chi connectivity index (χ4v) is 13.4. The van der Waals surface area contributed by atoms with Crippen LogP contribution in [0.1, 0.15) is 348 Å². The van der Waals surface area contributed by atoms with Gasteiger partial charge in [-0.15, -0.1) is 0 Å². The Morgan fingerprint density at radius 1 is 0.363 bits per heavy atom. The van der Waals surface area contributed by atoms with Crippen molar-refractivity contribution >= 4 is 5.91 Å². The molecule has 2 saturated heterocycles. The van der Waals surface area contributed by atoms with Crippen LogP contribution in [0.3, 0.4) is 0 Å². The van der Waals surface area contributed by atoms with Gasteiger partial charge >= 0.3 is 0 Å². The molecule has 12 unspecified atom stereocenters. The van der Waals surface area contributed by atoms with Crippen LogP contribution in [-0.4, -0.2) is 140 Å². The summed E-state index contributed by atoms with van der Waals surface area (Å²) in [5.74, 6) is -0.239. The van der Waals surface area contributed by atoms with E-state index in [0.717, 1.165) is 89.9 Å². The highest BCUT2D eigenvalue weighted by molar-refractivity contribution is 5.76. The molecule has 0 saturated carbocycles. The van der Waals surface area contributed by atoms with Gasteiger partial charge in [0.1, 0.15) is 48.8 Å². The van der Waals surface area contributed by atoms with Crippen LogP contribution < -0.4 is 5.32 Å². The Morgan fingerprint density at radius 3 is 1.04 bits per heavy atom. The number of hydrogen-bond acceptors (Lipinski definition) is 13. The first kappa shape index (κ1) is 94.7. The molecule has 2 rings (SSSR count). The Hall–Kier alpha value is -3.35. The Labute approximate surface area is 623 Å². The Morgan fingerprint density at radius 2 is 0.676 bits per heavy atom. The maximum Gasteiger partial charge on any atom is 0.220 e. The Kier molecular flexibility index (Phi) is 65.6. The van der Waals surface area contributed by atoms with Crippen LogP contribution in [0.25, 0.3) is 0 Å². The second-order valence-electron chi connectivity index (χ2n) is 29.2. The molecule has 0 bridgehead atoms. The molecule has 0 spiro atoms. The number of ether oxygens (including phenoxy) is 4. The zero-order chi connectivity index (χ0) is 73.7. The average molecular weight is 1440 g/mol. The molecule has 0 aliphatic carbocycles. The van der Waals surface area contributed by atoms with Crippen molar-refractivity contribution in [3.8, 4) is 0 Å². The van der Waals surface area contributed by atoms with E-state index in [1.165, 1.54) is 231 Å². The first-order valence-electron chi connectivity index (χ1n) is 42.1. The quantitative estimate of drug-likeness (QED) is 0.0204. The number of carbonyl (C=O) groups is 1. The number of amides is 1. The van der Waals surface area contributed by atoms with Gasteiger partial charge in [-0.25, -0.2) is 0 Å². The number of carbonyl (C=O) groups excluding carboxylic acids is 1. The highest BCUT2D eigenvalue weighted by Crippen LogP contribution is 2.30. The third kappa shape index (κ3) is 52.6. The maximum atomic E-state index is 13.4. The van der Waals surface area contributed by atoms with Crippen molar-refractivity contribution in [1.82, 2.24) is 5.32 Å². The van der Waals surface area contributed by atoms with Crippen LogP contribution in [0.4, 0.5) is 0 Å². The lowest BCUT2D eigenvalue weighted by Crippen LogP contribution is -2.65. The lowest BCUT2D eigenvalue weighted by molar-refractivity contribution is -0.359. The Balaban J connectivity index is 1.60. The van der Waals surface area contributed by atoms with Crippen LogP contribution >= 0.6 is 0 Å². The van der Waals surface area contributed by atoms with Crippen LogP contribution in [-0.2, 0) is 23.7 Å². The van der Waals surface area contributed by atoms with E-state index in [4.69, 9.17) is 18.9 Å². The summed E-state index contributed by atoms with van der Waals surface area (Å²) in [5.41, 5.74) is 0. The summed E-state index contributed by atoms with van der Waals surface area (Å²) in [6.45, 7) is 2.73. The molecule has 12 atom stereocenters.